The van der Waals surface area contributed by atoms with Crippen LogP contribution in [0.3, 0.4) is 0 Å². The summed E-state index contributed by atoms with van der Waals surface area (Å²) in [6.07, 6.45) is 0. The molecule has 0 unspecified atom stereocenters. The lowest BCUT2D eigenvalue weighted by atomic mass is 9.98. The number of hydrogen-bond acceptors (Lipinski definition) is 2. The molecule has 0 spiro atoms. The molecule has 0 aliphatic heterocycles. The number of rotatable bonds is 3. The molecular weight excluding hydrogens is 212 g/mol. The Morgan fingerprint density at radius 3 is 2.35 bits per heavy atom. The fourth-order valence-electron chi connectivity index (χ4n) is 1.74. The molecule has 0 aliphatic carbocycles. The van der Waals surface area contributed by atoms with Crippen LogP contribution in [0, 0.1) is 6.92 Å². The zero-order chi connectivity index (χ0) is 12.3. The predicted molar refractivity (Wildman–Crippen MR) is 67.0 cm³/mol. The maximum Gasteiger partial charge on any atom is 0.193 e. The van der Waals surface area contributed by atoms with E-state index in [1.807, 2.05) is 37.3 Å². The van der Waals surface area contributed by atoms with E-state index in [0.29, 0.717) is 16.7 Å². The average molecular weight is 226 g/mol. The Hall–Kier alpha value is -1.93. The summed E-state index contributed by atoms with van der Waals surface area (Å²) in [5.41, 5.74) is 3.01. The topological polar surface area (TPSA) is 37.3 Å². The number of carbonyl (C=O) groups excluding carboxylic acids is 1. The highest BCUT2D eigenvalue weighted by Crippen LogP contribution is 2.15. The Morgan fingerprint density at radius 2 is 1.71 bits per heavy atom. The molecule has 0 fully saturated rings. The molecule has 2 aromatic rings. The third-order valence-corrected chi connectivity index (χ3v) is 2.75. The van der Waals surface area contributed by atoms with Gasteiger partial charge in [-0.25, -0.2) is 0 Å². The molecule has 0 saturated carbocycles. The molecule has 17 heavy (non-hydrogen) atoms. The Labute approximate surface area is 101 Å². The monoisotopic (exact) mass is 226 g/mol. The standard InChI is InChI=1S/C15H14O2/c1-11-6-8-12(9-7-11)15(17)14-5-3-2-4-13(14)10-16/h2-9,16H,10H2,1H3. The molecule has 0 atom stereocenters. The maximum atomic E-state index is 12.2. The van der Waals surface area contributed by atoms with Gasteiger partial charge < -0.3 is 5.11 Å². The number of aliphatic hydroxyl groups is 1. The molecule has 2 aromatic carbocycles. The van der Waals surface area contributed by atoms with Crippen molar-refractivity contribution in [2.75, 3.05) is 0 Å². The van der Waals surface area contributed by atoms with Gasteiger partial charge in [0.15, 0.2) is 5.78 Å². The number of hydrogen-bond donors (Lipinski definition) is 1. The second-order valence-electron chi connectivity index (χ2n) is 4.01. The van der Waals surface area contributed by atoms with Crippen LogP contribution in [0.15, 0.2) is 48.5 Å². The molecule has 86 valence electrons. The number of benzene rings is 2. The summed E-state index contributed by atoms with van der Waals surface area (Å²) in [6, 6.07) is 14.6. The summed E-state index contributed by atoms with van der Waals surface area (Å²) in [4.78, 5) is 12.2. The van der Waals surface area contributed by atoms with Crippen molar-refractivity contribution in [2.45, 2.75) is 13.5 Å². The summed E-state index contributed by atoms with van der Waals surface area (Å²) in [5, 5.41) is 9.21. The normalized spacial score (nSPS) is 10.2. The molecule has 1 N–H and O–H groups in total. The van der Waals surface area contributed by atoms with Gasteiger partial charge in [-0.15, -0.1) is 0 Å². The molecule has 2 rings (SSSR count). The minimum absolute atomic E-state index is 0.0466. The third kappa shape index (κ3) is 2.43. The van der Waals surface area contributed by atoms with Crippen LogP contribution in [0.4, 0.5) is 0 Å². The highest BCUT2D eigenvalue weighted by atomic mass is 16.3. The van der Waals surface area contributed by atoms with Crippen LogP contribution < -0.4 is 0 Å². The van der Waals surface area contributed by atoms with E-state index in [2.05, 4.69) is 0 Å². The van der Waals surface area contributed by atoms with Crippen molar-refractivity contribution in [3.8, 4) is 0 Å². The minimum Gasteiger partial charge on any atom is -0.392 e. The van der Waals surface area contributed by atoms with Gasteiger partial charge in [0.05, 0.1) is 6.61 Å². The van der Waals surface area contributed by atoms with Crippen molar-refractivity contribution in [3.05, 3.63) is 70.8 Å². The lowest BCUT2D eigenvalue weighted by Gasteiger charge is -2.06. The van der Waals surface area contributed by atoms with E-state index in [1.54, 1.807) is 18.2 Å². The summed E-state index contributed by atoms with van der Waals surface area (Å²) in [7, 11) is 0. The number of aryl methyl sites for hydroxylation is 1. The van der Waals surface area contributed by atoms with Gasteiger partial charge in [0, 0.05) is 11.1 Å². The first kappa shape index (κ1) is 11.6. The SMILES string of the molecule is Cc1ccc(C(=O)c2ccccc2CO)cc1. The summed E-state index contributed by atoms with van der Waals surface area (Å²) >= 11 is 0. The van der Waals surface area contributed by atoms with Crippen molar-refractivity contribution in [2.24, 2.45) is 0 Å². The minimum atomic E-state index is -0.117. The molecule has 2 heteroatoms. The molecule has 0 saturated heterocycles. The van der Waals surface area contributed by atoms with Crippen LogP contribution in [-0.2, 0) is 6.61 Å². The molecule has 0 aliphatic rings. The number of aliphatic hydroxyl groups excluding tert-OH is 1. The number of ketones is 1. The first-order chi connectivity index (χ1) is 8.22. The first-order valence-electron chi connectivity index (χ1n) is 5.52. The van der Waals surface area contributed by atoms with E-state index < -0.39 is 0 Å². The van der Waals surface area contributed by atoms with Crippen molar-refractivity contribution in [1.82, 2.24) is 0 Å². The van der Waals surface area contributed by atoms with Crippen molar-refractivity contribution in [3.63, 3.8) is 0 Å². The van der Waals surface area contributed by atoms with Crippen LogP contribution in [0.2, 0.25) is 0 Å². The molecular formula is C15H14O2. The van der Waals surface area contributed by atoms with Gasteiger partial charge in [0.2, 0.25) is 0 Å². The van der Waals surface area contributed by atoms with Crippen LogP contribution >= 0.6 is 0 Å². The first-order valence-corrected chi connectivity index (χ1v) is 5.52. The lowest BCUT2D eigenvalue weighted by molar-refractivity contribution is 0.103. The zero-order valence-electron chi connectivity index (χ0n) is 9.68. The molecule has 0 heterocycles. The van der Waals surface area contributed by atoms with Gasteiger partial charge in [-0.1, -0.05) is 54.1 Å². The van der Waals surface area contributed by atoms with Crippen LogP contribution in [0.25, 0.3) is 0 Å². The van der Waals surface area contributed by atoms with Gasteiger partial charge in [0.25, 0.3) is 0 Å². The fourth-order valence-corrected chi connectivity index (χ4v) is 1.74. The molecule has 0 amide bonds. The Morgan fingerprint density at radius 1 is 1.06 bits per heavy atom. The van der Waals surface area contributed by atoms with E-state index in [9.17, 15) is 9.90 Å². The Kier molecular flexibility index (Phi) is 3.35. The van der Waals surface area contributed by atoms with Crippen molar-refractivity contribution >= 4 is 5.78 Å². The average Bonchev–Trinajstić information content (AvgIpc) is 2.39. The summed E-state index contributed by atoms with van der Waals surface area (Å²) < 4.78 is 0. The van der Waals surface area contributed by atoms with E-state index >= 15 is 0 Å². The van der Waals surface area contributed by atoms with E-state index in [-0.39, 0.29) is 12.4 Å². The second kappa shape index (κ2) is 4.93. The summed E-state index contributed by atoms with van der Waals surface area (Å²) in [5.74, 6) is -0.0466. The highest BCUT2D eigenvalue weighted by Gasteiger charge is 2.12. The van der Waals surface area contributed by atoms with E-state index in [1.165, 1.54) is 0 Å². The van der Waals surface area contributed by atoms with Gasteiger partial charge in [0.1, 0.15) is 0 Å². The second-order valence-corrected chi connectivity index (χ2v) is 4.01. The zero-order valence-corrected chi connectivity index (χ0v) is 9.68. The lowest BCUT2D eigenvalue weighted by Crippen LogP contribution is -2.05. The van der Waals surface area contributed by atoms with E-state index in [4.69, 9.17) is 0 Å². The van der Waals surface area contributed by atoms with Crippen molar-refractivity contribution in [1.29, 1.82) is 0 Å². The van der Waals surface area contributed by atoms with Gasteiger partial charge in [-0.2, -0.15) is 0 Å². The van der Waals surface area contributed by atoms with Crippen LogP contribution in [0.5, 0.6) is 0 Å². The Bertz CT molecular complexity index is 527. The Balaban J connectivity index is 2.40. The molecule has 2 nitrogen and oxygen atoms in total. The quantitative estimate of drug-likeness (QED) is 0.817. The van der Waals surface area contributed by atoms with Gasteiger partial charge in [-0.05, 0) is 12.5 Å². The van der Waals surface area contributed by atoms with Gasteiger partial charge in [-0.3, -0.25) is 4.79 Å². The summed E-state index contributed by atoms with van der Waals surface area (Å²) in [6.45, 7) is 1.86. The number of carbonyl (C=O) groups is 1. The predicted octanol–water partition coefficient (Wildman–Crippen LogP) is 2.72. The third-order valence-electron chi connectivity index (χ3n) is 2.75. The largest absolute Gasteiger partial charge is 0.392 e. The highest BCUT2D eigenvalue weighted by molar-refractivity contribution is 6.09. The fraction of sp³-hybridized carbons (Fsp3) is 0.133. The molecule has 0 aromatic heterocycles. The van der Waals surface area contributed by atoms with Crippen LogP contribution in [-0.4, -0.2) is 10.9 Å². The maximum absolute atomic E-state index is 12.2. The smallest absolute Gasteiger partial charge is 0.193 e. The molecule has 0 bridgehead atoms. The van der Waals surface area contributed by atoms with Crippen molar-refractivity contribution < 1.29 is 9.90 Å². The van der Waals surface area contributed by atoms with E-state index in [0.717, 1.165) is 5.56 Å². The molecule has 0 radical (unpaired) electrons. The van der Waals surface area contributed by atoms with Crippen LogP contribution in [0.1, 0.15) is 27.0 Å². The van der Waals surface area contributed by atoms with Gasteiger partial charge >= 0.3 is 0 Å².